The summed E-state index contributed by atoms with van der Waals surface area (Å²) in [4.78, 5) is 0. The Morgan fingerprint density at radius 1 is 0.395 bits per heavy atom. The summed E-state index contributed by atoms with van der Waals surface area (Å²) in [6, 6.07) is 32.1. The average molecular weight is 557 g/mol. The Morgan fingerprint density at radius 3 is 1.26 bits per heavy atom. The first kappa shape index (κ1) is 25.3. The van der Waals surface area contributed by atoms with E-state index in [1.165, 1.54) is 99.4 Å². The standard InChI is InChI=1S/C41H36N2/c1-21-7-9-23-25-11-14-28-27(35(25)39(3,4)33(23)19-21)13-16-31-32-18-17-29-30(38(32)41(6,43)37(28)31)15-12-26-24-10-8-22(2)20-34(24)40(5,42)36(26)29/h7-20H,42-43H2,1-6H3. The van der Waals surface area contributed by atoms with Gasteiger partial charge in [-0.1, -0.05) is 110 Å². The monoisotopic (exact) mass is 556 g/mol. The van der Waals surface area contributed by atoms with Crippen molar-refractivity contribution in [2.75, 3.05) is 0 Å². The largest absolute Gasteiger partial charge is 0.318 e. The molecule has 0 aliphatic heterocycles. The Labute approximate surface area is 253 Å². The van der Waals surface area contributed by atoms with Crippen LogP contribution >= 0.6 is 0 Å². The zero-order valence-corrected chi connectivity index (χ0v) is 25.7. The van der Waals surface area contributed by atoms with Gasteiger partial charge in [-0.05, 0) is 116 Å². The highest BCUT2D eigenvalue weighted by Gasteiger charge is 2.44. The lowest BCUT2D eigenvalue weighted by Crippen LogP contribution is -2.33. The van der Waals surface area contributed by atoms with Gasteiger partial charge in [-0.25, -0.2) is 0 Å². The van der Waals surface area contributed by atoms with Crippen LogP contribution in [0.1, 0.15) is 72.2 Å². The van der Waals surface area contributed by atoms with Crippen molar-refractivity contribution in [2.24, 2.45) is 11.5 Å². The summed E-state index contributed by atoms with van der Waals surface area (Å²) in [5, 5.41) is 4.98. The molecule has 2 unspecified atom stereocenters. The Balaban J connectivity index is 1.30. The molecule has 9 rings (SSSR count). The number of benzene rings is 6. The van der Waals surface area contributed by atoms with E-state index in [4.69, 9.17) is 11.5 Å². The van der Waals surface area contributed by atoms with E-state index in [-0.39, 0.29) is 5.41 Å². The number of aryl methyl sites for hydroxylation is 2. The van der Waals surface area contributed by atoms with Crippen LogP contribution in [0.4, 0.5) is 0 Å². The molecular weight excluding hydrogens is 520 g/mol. The van der Waals surface area contributed by atoms with Gasteiger partial charge in [0.05, 0.1) is 11.1 Å². The molecule has 0 amide bonds. The maximum absolute atomic E-state index is 7.54. The van der Waals surface area contributed by atoms with Crippen LogP contribution in [-0.4, -0.2) is 0 Å². The molecule has 0 bridgehead atoms. The van der Waals surface area contributed by atoms with Crippen LogP contribution in [0.3, 0.4) is 0 Å². The van der Waals surface area contributed by atoms with Gasteiger partial charge in [0.25, 0.3) is 0 Å². The van der Waals surface area contributed by atoms with E-state index in [1.54, 1.807) is 0 Å². The highest BCUT2D eigenvalue weighted by Crippen LogP contribution is 2.57. The highest BCUT2D eigenvalue weighted by molar-refractivity contribution is 6.08. The van der Waals surface area contributed by atoms with Crippen LogP contribution in [0.2, 0.25) is 0 Å². The minimum absolute atomic E-state index is 0.0902. The van der Waals surface area contributed by atoms with E-state index in [2.05, 4.69) is 126 Å². The van der Waals surface area contributed by atoms with Gasteiger partial charge in [-0.2, -0.15) is 0 Å². The summed E-state index contributed by atoms with van der Waals surface area (Å²) in [5.41, 5.74) is 31.3. The van der Waals surface area contributed by atoms with Gasteiger partial charge in [0, 0.05) is 5.41 Å². The van der Waals surface area contributed by atoms with E-state index in [9.17, 15) is 0 Å². The zero-order chi connectivity index (χ0) is 29.8. The van der Waals surface area contributed by atoms with Crippen LogP contribution in [0, 0.1) is 13.8 Å². The van der Waals surface area contributed by atoms with Gasteiger partial charge in [-0.15, -0.1) is 0 Å². The first-order chi connectivity index (χ1) is 20.4. The third-order valence-electron chi connectivity index (χ3n) is 11.0. The molecular formula is C41H36N2. The van der Waals surface area contributed by atoms with Crippen LogP contribution in [0.5, 0.6) is 0 Å². The molecule has 2 atom stereocenters. The summed E-state index contributed by atoms with van der Waals surface area (Å²) >= 11 is 0. The molecule has 3 aliphatic rings. The molecule has 2 heteroatoms. The Kier molecular flexibility index (Phi) is 4.49. The van der Waals surface area contributed by atoms with Crippen molar-refractivity contribution in [3.05, 3.63) is 129 Å². The molecule has 6 aromatic carbocycles. The van der Waals surface area contributed by atoms with Crippen molar-refractivity contribution in [3.63, 3.8) is 0 Å². The van der Waals surface area contributed by atoms with Gasteiger partial charge in [-0.3, -0.25) is 0 Å². The average Bonchev–Trinajstić information content (AvgIpc) is 3.45. The lowest BCUT2D eigenvalue weighted by Gasteiger charge is -2.28. The van der Waals surface area contributed by atoms with Gasteiger partial charge in [0.1, 0.15) is 0 Å². The first-order valence-electron chi connectivity index (χ1n) is 15.4. The minimum atomic E-state index is -0.661. The fraction of sp³-hybridized carbons (Fsp3) is 0.220. The van der Waals surface area contributed by atoms with E-state index < -0.39 is 11.1 Å². The SMILES string of the molecule is Cc1ccc2c(c1)C(C)(C)c1c-2ccc2c3c(ccc12)-c1ccc2c4c(ccc2c1C3(C)N)-c1ccc(C)cc1C4(C)N. The molecule has 0 fully saturated rings. The Hall–Kier alpha value is -4.24. The molecule has 0 heterocycles. The van der Waals surface area contributed by atoms with Crippen LogP contribution in [0.15, 0.2) is 84.9 Å². The smallest absolute Gasteiger partial charge is 0.0661 e. The first-order valence-corrected chi connectivity index (χ1v) is 15.4. The third-order valence-corrected chi connectivity index (χ3v) is 11.0. The van der Waals surface area contributed by atoms with Gasteiger partial charge >= 0.3 is 0 Å². The second-order valence-corrected chi connectivity index (χ2v) is 14.3. The molecule has 210 valence electrons. The van der Waals surface area contributed by atoms with Crippen molar-refractivity contribution in [1.82, 2.24) is 0 Å². The predicted octanol–water partition coefficient (Wildman–Crippen LogP) is 9.32. The molecule has 0 saturated heterocycles. The summed E-state index contributed by atoms with van der Waals surface area (Å²) < 4.78 is 0. The van der Waals surface area contributed by atoms with Crippen molar-refractivity contribution in [2.45, 2.75) is 58.0 Å². The predicted molar refractivity (Wildman–Crippen MR) is 181 cm³/mol. The normalized spacial score (nSPS) is 21.9. The van der Waals surface area contributed by atoms with E-state index >= 15 is 0 Å². The molecule has 0 aromatic heterocycles. The topological polar surface area (TPSA) is 52.0 Å². The molecule has 0 radical (unpaired) electrons. The third kappa shape index (κ3) is 2.87. The fourth-order valence-corrected chi connectivity index (χ4v) is 9.19. The van der Waals surface area contributed by atoms with E-state index in [0.717, 1.165) is 0 Å². The fourth-order valence-electron chi connectivity index (χ4n) is 9.19. The second kappa shape index (κ2) is 7.63. The van der Waals surface area contributed by atoms with Gasteiger partial charge < -0.3 is 11.5 Å². The van der Waals surface area contributed by atoms with Crippen molar-refractivity contribution >= 4 is 21.5 Å². The minimum Gasteiger partial charge on any atom is -0.318 e. The zero-order valence-electron chi connectivity index (χ0n) is 25.7. The highest BCUT2D eigenvalue weighted by atomic mass is 14.8. The molecule has 2 nitrogen and oxygen atoms in total. The Bertz CT molecular complexity index is 2120. The van der Waals surface area contributed by atoms with Crippen LogP contribution < -0.4 is 11.5 Å². The number of rotatable bonds is 0. The quantitative estimate of drug-likeness (QED) is 0.196. The van der Waals surface area contributed by atoms with E-state index in [1.807, 2.05) is 0 Å². The molecule has 4 N–H and O–H groups in total. The molecule has 43 heavy (non-hydrogen) atoms. The van der Waals surface area contributed by atoms with Gasteiger partial charge in [0.2, 0.25) is 0 Å². The molecule has 0 spiro atoms. The number of hydrogen-bond donors (Lipinski definition) is 2. The summed E-state index contributed by atoms with van der Waals surface area (Å²) in [5.74, 6) is 0. The molecule has 6 aromatic rings. The summed E-state index contributed by atoms with van der Waals surface area (Å²) in [7, 11) is 0. The van der Waals surface area contributed by atoms with E-state index in [0.29, 0.717) is 0 Å². The summed E-state index contributed by atoms with van der Waals surface area (Å²) in [6.07, 6.45) is 0. The number of hydrogen-bond acceptors (Lipinski definition) is 2. The number of nitrogens with two attached hydrogens (primary N) is 2. The lowest BCUT2D eigenvalue weighted by molar-refractivity contribution is 0.623. The summed E-state index contributed by atoms with van der Waals surface area (Å²) in [6.45, 7) is 13.4. The van der Waals surface area contributed by atoms with Crippen LogP contribution in [-0.2, 0) is 16.5 Å². The van der Waals surface area contributed by atoms with Crippen molar-refractivity contribution < 1.29 is 0 Å². The van der Waals surface area contributed by atoms with Crippen molar-refractivity contribution in [3.8, 4) is 33.4 Å². The maximum Gasteiger partial charge on any atom is 0.0661 e. The molecule has 3 aliphatic carbocycles. The van der Waals surface area contributed by atoms with Crippen molar-refractivity contribution in [1.29, 1.82) is 0 Å². The lowest BCUT2D eigenvalue weighted by atomic mass is 9.78. The molecule has 0 saturated carbocycles. The number of fused-ring (bicyclic) bond motifs is 15. The van der Waals surface area contributed by atoms with Crippen LogP contribution in [0.25, 0.3) is 54.9 Å². The second-order valence-electron chi connectivity index (χ2n) is 14.3. The van der Waals surface area contributed by atoms with Gasteiger partial charge in [0.15, 0.2) is 0 Å². The maximum atomic E-state index is 7.54. The Morgan fingerprint density at radius 2 is 0.744 bits per heavy atom.